The maximum atomic E-state index is 11.9. The van der Waals surface area contributed by atoms with Crippen molar-refractivity contribution < 1.29 is 14.4 Å². The Morgan fingerprint density at radius 3 is 2.86 bits per heavy atom. The number of likely N-dealkylation sites (tertiary alicyclic amines) is 1. The van der Waals surface area contributed by atoms with Gasteiger partial charge in [-0.25, -0.2) is 0 Å². The number of ether oxygens (including phenoxy) is 1. The molecule has 1 saturated heterocycles. The van der Waals surface area contributed by atoms with Crippen molar-refractivity contribution in [3.05, 3.63) is 35.9 Å². The smallest absolute Gasteiger partial charge is 0.314 e. The highest BCUT2D eigenvalue weighted by Gasteiger charge is 2.29. The van der Waals surface area contributed by atoms with Crippen LogP contribution in [0.4, 0.5) is 0 Å². The molecular formula is C18H28NO2+. The first-order chi connectivity index (χ1) is 10.2. The number of carbonyl (C=O) groups excluding carboxylic acids is 1. The second-order valence-corrected chi connectivity index (χ2v) is 6.15. The molecule has 0 amide bonds. The lowest BCUT2D eigenvalue weighted by atomic mass is 9.95. The topological polar surface area (TPSA) is 30.7 Å². The second-order valence-electron chi connectivity index (χ2n) is 6.15. The van der Waals surface area contributed by atoms with Gasteiger partial charge in [0.15, 0.2) is 0 Å². The summed E-state index contributed by atoms with van der Waals surface area (Å²) in [6.07, 6.45) is 3.31. The van der Waals surface area contributed by atoms with E-state index in [1.807, 2.05) is 6.92 Å². The number of benzene rings is 1. The lowest BCUT2D eigenvalue weighted by molar-refractivity contribution is -0.907. The Morgan fingerprint density at radius 2 is 2.14 bits per heavy atom. The molecule has 1 heterocycles. The molecule has 1 fully saturated rings. The molecule has 3 heteroatoms. The average molecular weight is 290 g/mol. The number of piperidine rings is 1. The Labute approximate surface area is 128 Å². The van der Waals surface area contributed by atoms with Crippen LogP contribution < -0.4 is 4.90 Å². The van der Waals surface area contributed by atoms with E-state index in [1.165, 1.54) is 18.5 Å². The van der Waals surface area contributed by atoms with Gasteiger partial charge in [0.1, 0.15) is 5.92 Å². The predicted octanol–water partition coefficient (Wildman–Crippen LogP) is 2.04. The standard InChI is InChI=1S/C18H27NO2/c1-3-21-18(20)17-10-7-12-19(14-17)13-11-15(2)16-8-5-4-6-9-16/h4-6,8-9,15,17H,3,7,10-14H2,1-2H3/p+1/t15-,17-/m1/s1. The lowest BCUT2D eigenvalue weighted by Gasteiger charge is -2.29. The average Bonchev–Trinajstić information content (AvgIpc) is 2.54. The Kier molecular flexibility index (Phi) is 6.24. The third-order valence-corrected chi connectivity index (χ3v) is 4.54. The highest BCUT2D eigenvalue weighted by Crippen LogP contribution is 2.17. The molecule has 0 aromatic heterocycles. The van der Waals surface area contributed by atoms with Crippen LogP contribution in [0.3, 0.4) is 0 Å². The fourth-order valence-corrected chi connectivity index (χ4v) is 3.21. The molecule has 1 unspecified atom stereocenters. The summed E-state index contributed by atoms with van der Waals surface area (Å²) in [5.74, 6) is 0.702. The van der Waals surface area contributed by atoms with Gasteiger partial charge in [-0.3, -0.25) is 4.79 Å². The van der Waals surface area contributed by atoms with Gasteiger partial charge in [0, 0.05) is 6.42 Å². The summed E-state index contributed by atoms with van der Waals surface area (Å²) in [5.41, 5.74) is 1.41. The molecule has 0 aliphatic carbocycles. The number of hydrogen-bond acceptors (Lipinski definition) is 2. The summed E-state index contributed by atoms with van der Waals surface area (Å²) in [7, 11) is 0. The zero-order chi connectivity index (χ0) is 15.1. The molecular weight excluding hydrogens is 262 g/mol. The van der Waals surface area contributed by atoms with Gasteiger partial charge in [-0.1, -0.05) is 37.3 Å². The van der Waals surface area contributed by atoms with Crippen LogP contribution in [0.2, 0.25) is 0 Å². The molecule has 1 N–H and O–H groups in total. The highest BCUT2D eigenvalue weighted by atomic mass is 16.5. The summed E-state index contributed by atoms with van der Waals surface area (Å²) in [6.45, 7) is 7.95. The number of quaternary nitrogens is 1. The number of rotatable bonds is 6. The van der Waals surface area contributed by atoms with E-state index in [9.17, 15) is 4.79 Å². The maximum Gasteiger partial charge on any atom is 0.314 e. The Hall–Kier alpha value is -1.35. The van der Waals surface area contributed by atoms with Crippen LogP contribution in [0.1, 0.15) is 44.6 Å². The molecule has 0 bridgehead atoms. The van der Waals surface area contributed by atoms with Crippen LogP contribution in [-0.4, -0.2) is 32.2 Å². The van der Waals surface area contributed by atoms with Crippen molar-refractivity contribution in [3.8, 4) is 0 Å². The second kappa shape index (κ2) is 8.18. The minimum Gasteiger partial charge on any atom is -0.466 e. The molecule has 21 heavy (non-hydrogen) atoms. The van der Waals surface area contributed by atoms with E-state index < -0.39 is 0 Å². The van der Waals surface area contributed by atoms with Crippen LogP contribution in [0.15, 0.2) is 30.3 Å². The third-order valence-electron chi connectivity index (χ3n) is 4.54. The molecule has 2 rings (SSSR count). The van der Waals surface area contributed by atoms with Gasteiger partial charge in [-0.15, -0.1) is 0 Å². The van der Waals surface area contributed by atoms with E-state index in [0.717, 1.165) is 25.9 Å². The van der Waals surface area contributed by atoms with Crippen molar-refractivity contribution in [3.63, 3.8) is 0 Å². The first-order valence-electron chi connectivity index (χ1n) is 8.25. The third kappa shape index (κ3) is 4.85. The lowest BCUT2D eigenvalue weighted by Crippen LogP contribution is -3.13. The van der Waals surface area contributed by atoms with Crippen molar-refractivity contribution in [1.82, 2.24) is 0 Å². The molecule has 0 saturated carbocycles. The van der Waals surface area contributed by atoms with Gasteiger partial charge in [0.05, 0.1) is 26.2 Å². The fourth-order valence-electron chi connectivity index (χ4n) is 3.21. The predicted molar refractivity (Wildman–Crippen MR) is 84.4 cm³/mol. The van der Waals surface area contributed by atoms with E-state index in [-0.39, 0.29) is 11.9 Å². The van der Waals surface area contributed by atoms with E-state index >= 15 is 0 Å². The van der Waals surface area contributed by atoms with Gasteiger partial charge in [0.2, 0.25) is 0 Å². The minimum atomic E-state index is 0.00538. The number of esters is 1. The van der Waals surface area contributed by atoms with Crippen molar-refractivity contribution in [2.24, 2.45) is 5.92 Å². The molecule has 0 spiro atoms. The summed E-state index contributed by atoms with van der Waals surface area (Å²) >= 11 is 0. The first kappa shape index (κ1) is 16.0. The Bertz CT molecular complexity index is 432. The van der Waals surface area contributed by atoms with Crippen LogP contribution in [0.25, 0.3) is 0 Å². The van der Waals surface area contributed by atoms with E-state index in [4.69, 9.17) is 4.74 Å². The van der Waals surface area contributed by atoms with E-state index in [2.05, 4.69) is 37.3 Å². The monoisotopic (exact) mass is 290 g/mol. The van der Waals surface area contributed by atoms with Gasteiger partial charge in [-0.2, -0.15) is 0 Å². The zero-order valence-corrected chi connectivity index (χ0v) is 13.3. The largest absolute Gasteiger partial charge is 0.466 e. The zero-order valence-electron chi connectivity index (χ0n) is 13.3. The van der Waals surface area contributed by atoms with Crippen LogP contribution >= 0.6 is 0 Å². The van der Waals surface area contributed by atoms with Gasteiger partial charge < -0.3 is 9.64 Å². The maximum absolute atomic E-state index is 11.9. The highest BCUT2D eigenvalue weighted by molar-refractivity contribution is 5.72. The minimum absolute atomic E-state index is 0.00538. The quantitative estimate of drug-likeness (QED) is 0.813. The van der Waals surface area contributed by atoms with Crippen LogP contribution in [-0.2, 0) is 9.53 Å². The SMILES string of the molecule is CCOC(=O)[C@@H]1CCC[NH+](CC[C@@H](C)c2ccccc2)C1. The molecule has 1 aromatic carbocycles. The molecule has 1 aromatic rings. The van der Waals surface area contributed by atoms with Crippen LogP contribution in [0, 0.1) is 5.92 Å². The summed E-state index contributed by atoms with van der Waals surface area (Å²) in [5, 5.41) is 0. The molecule has 0 radical (unpaired) electrons. The van der Waals surface area contributed by atoms with Crippen LogP contribution in [0.5, 0.6) is 0 Å². The molecule has 1 aliphatic heterocycles. The normalized spacial score (nSPS) is 23.5. The molecule has 116 valence electrons. The molecule has 3 nitrogen and oxygen atoms in total. The van der Waals surface area contributed by atoms with E-state index in [0.29, 0.717) is 12.5 Å². The fraction of sp³-hybridized carbons (Fsp3) is 0.611. The molecule has 1 aliphatic rings. The van der Waals surface area contributed by atoms with Gasteiger partial charge in [0.25, 0.3) is 0 Å². The van der Waals surface area contributed by atoms with Crippen molar-refractivity contribution in [1.29, 1.82) is 0 Å². The number of nitrogens with one attached hydrogen (secondary N) is 1. The Morgan fingerprint density at radius 1 is 1.38 bits per heavy atom. The molecule has 3 atom stereocenters. The van der Waals surface area contributed by atoms with Crippen molar-refractivity contribution in [2.75, 3.05) is 26.2 Å². The van der Waals surface area contributed by atoms with E-state index in [1.54, 1.807) is 4.90 Å². The van der Waals surface area contributed by atoms with Gasteiger partial charge in [-0.05, 0) is 31.2 Å². The first-order valence-corrected chi connectivity index (χ1v) is 8.25. The van der Waals surface area contributed by atoms with Gasteiger partial charge >= 0.3 is 5.97 Å². The number of hydrogen-bond donors (Lipinski definition) is 1. The Balaban J connectivity index is 1.79. The number of carbonyl (C=O) groups is 1. The summed E-state index contributed by atoms with van der Waals surface area (Å²) < 4.78 is 5.17. The van der Waals surface area contributed by atoms with Crippen molar-refractivity contribution in [2.45, 2.75) is 39.0 Å². The summed E-state index contributed by atoms with van der Waals surface area (Å²) in [4.78, 5) is 13.4. The van der Waals surface area contributed by atoms with Crippen molar-refractivity contribution >= 4 is 5.97 Å². The summed E-state index contributed by atoms with van der Waals surface area (Å²) in [6, 6.07) is 10.7.